The van der Waals surface area contributed by atoms with Crippen molar-refractivity contribution in [1.82, 2.24) is 0 Å². The monoisotopic (exact) mass is 198 g/mol. The normalized spacial score (nSPS) is 11.5. The molecule has 0 aromatic heterocycles. The van der Waals surface area contributed by atoms with Crippen LogP contribution in [-0.2, 0) is 0 Å². The van der Waals surface area contributed by atoms with Crippen LogP contribution in [0.3, 0.4) is 0 Å². The van der Waals surface area contributed by atoms with E-state index in [0.29, 0.717) is 18.2 Å². The Hall–Kier alpha value is -1.33. The van der Waals surface area contributed by atoms with Crippen LogP contribution in [0, 0.1) is 11.6 Å². The SMILES string of the molecule is Fc1ccc(F)c(OC(F)(F)F)c1. The van der Waals surface area contributed by atoms with Gasteiger partial charge in [-0.05, 0) is 12.1 Å². The zero-order valence-corrected chi connectivity index (χ0v) is 6.03. The van der Waals surface area contributed by atoms with Gasteiger partial charge in [0.05, 0.1) is 0 Å². The van der Waals surface area contributed by atoms with Crippen LogP contribution < -0.4 is 4.74 Å². The summed E-state index contributed by atoms with van der Waals surface area (Å²) in [7, 11) is 0. The summed E-state index contributed by atoms with van der Waals surface area (Å²) in [5, 5.41) is 0. The standard InChI is InChI=1S/C7H3F5O/c8-4-1-2-5(9)6(3-4)13-7(10,11)12/h1-3H. The van der Waals surface area contributed by atoms with Gasteiger partial charge < -0.3 is 4.74 Å². The van der Waals surface area contributed by atoms with Crippen molar-refractivity contribution >= 4 is 0 Å². The number of benzene rings is 1. The molecule has 0 spiro atoms. The minimum Gasteiger partial charge on any atom is -0.403 e. The second kappa shape index (κ2) is 3.20. The molecule has 1 rings (SSSR count). The van der Waals surface area contributed by atoms with Gasteiger partial charge in [0.1, 0.15) is 5.82 Å². The summed E-state index contributed by atoms with van der Waals surface area (Å²) in [5.74, 6) is -3.44. The molecular formula is C7H3F5O. The van der Waals surface area contributed by atoms with Crippen molar-refractivity contribution in [3.05, 3.63) is 29.8 Å². The summed E-state index contributed by atoms with van der Waals surface area (Å²) in [6.07, 6.45) is -5.02. The molecule has 0 aliphatic carbocycles. The number of halogens is 5. The molecule has 13 heavy (non-hydrogen) atoms. The Bertz CT molecular complexity index is 306. The van der Waals surface area contributed by atoms with Crippen LogP contribution in [0.15, 0.2) is 18.2 Å². The van der Waals surface area contributed by atoms with E-state index in [9.17, 15) is 22.0 Å². The van der Waals surface area contributed by atoms with E-state index in [4.69, 9.17) is 0 Å². The fraction of sp³-hybridized carbons (Fsp3) is 0.143. The molecule has 0 saturated carbocycles. The van der Waals surface area contributed by atoms with Gasteiger partial charge >= 0.3 is 6.36 Å². The number of alkyl halides is 3. The molecule has 1 aromatic rings. The molecule has 0 bridgehead atoms. The smallest absolute Gasteiger partial charge is 0.403 e. The summed E-state index contributed by atoms with van der Waals surface area (Å²) in [5.41, 5.74) is 0. The van der Waals surface area contributed by atoms with E-state index >= 15 is 0 Å². The van der Waals surface area contributed by atoms with Crippen LogP contribution in [0.2, 0.25) is 0 Å². The van der Waals surface area contributed by atoms with Gasteiger partial charge in [0, 0.05) is 6.07 Å². The van der Waals surface area contributed by atoms with Gasteiger partial charge in [0.25, 0.3) is 0 Å². The highest BCUT2D eigenvalue weighted by Crippen LogP contribution is 2.25. The Balaban J connectivity index is 2.94. The van der Waals surface area contributed by atoms with E-state index in [1.165, 1.54) is 0 Å². The van der Waals surface area contributed by atoms with Gasteiger partial charge in [0.15, 0.2) is 11.6 Å². The van der Waals surface area contributed by atoms with Crippen molar-refractivity contribution in [2.24, 2.45) is 0 Å². The highest BCUT2D eigenvalue weighted by molar-refractivity contribution is 5.24. The number of hydrogen-bond acceptors (Lipinski definition) is 1. The molecule has 0 aliphatic heterocycles. The molecule has 6 heteroatoms. The largest absolute Gasteiger partial charge is 0.573 e. The summed E-state index contributed by atoms with van der Waals surface area (Å²) < 4.78 is 62.6. The molecule has 0 atom stereocenters. The van der Waals surface area contributed by atoms with E-state index in [0.717, 1.165) is 0 Å². The Kier molecular flexibility index (Phi) is 2.40. The molecule has 0 radical (unpaired) electrons. The first kappa shape index (κ1) is 9.76. The van der Waals surface area contributed by atoms with Crippen molar-refractivity contribution in [3.8, 4) is 5.75 Å². The van der Waals surface area contributed by atoms with Gasteiger partial charge in [-0.2, -0.15) is 0 Å². The maximum atomic E-state index is 12.5. The van der Waals surface area contributed by atoms with Crippen LogP contribution in [0.4, 0.5) is 22.0 Å². The first-order valence-corrected chi connectivity index (χ1v) is 3.09. The van der Waals surface area contributed by atoms with Crippen molar-refractivity contribution in [3.63, 3.8) is 0 Å². The highest BCUT2D eigenvalue weighted by Gasteiger charge is 2.32. The molecular weight excluding hydrogens is 195 g/mol. The van der Waals surface area contributed by atoms with Gasteiger partial charge in [-0.3, -0.25) is 0 Å². The predicted molar refractivity (Wildman–Crippen MR) is 33.0 cm³/mol. The zero-order chi connectivity index (χ0) is 10.1. The molecule has 1 aromatic carbocycles. The summed E-state index contributed by atoms with van der Waals surface area (Å²) in [6.45, 7) is 0. The Morgan fingerprint density at radius 3 is 2.23 bits per heavy atom. The molecule has 0 unspecified atom stereocenters. The lowest BCUT2D eigenvalue weighted by atomic mass is 10.3. The highest BCUT2D eigenvalue weighted by atomic mass is 19.4. The van der Waals surface area contributed by atoms with Gasteiger partial charge in [-0.25, -0.2) is 8.78 Å². The molecule has 0 fully saturated rings. The summed E-state index contributed by atoms with van der Waals surface area (Å²) in [4.78, 5) is 0. The average molecular weight is 198 g/mol. The third-order valence-electron chi connectivity index (χ3n) is 1.12. The maximum absolute atomic E-state index is 12.5. The Labute approximate surface area is 69.7 Å². The van der Waals surface area contributed by atoms with Crippen LogP contribution in [-0.4, -0.2) is 6.36 Å². The third-order valence-corrected chi connectivity index (χ3v) is 1.12. The lowest BCUT2D eigenvalue weighted by Gasteiger charge is -2.08. The van der Waals surface area contributed by atoms with Crippen LogP contribution in [0.25, 0.3) is 0 Å². The van der Waals surface area contributed by atoms with Gasteiger partial charge in [0.2, 0.25) is 0 Å². The molecule has 0 heterocycles. The maximum Gasteiger partial charge on any atom is 0.573 e. The Morgan fingerprint density at radius 2 is 1.69 bits per heavy atom. The molecule has 0 saturated heterocycles. The molecule has 0 amide bonds. The quantitative estimate of drug-likeness (QED) is 0.630. The Morgan fingerprint density at radius 1 is 1.08 bits per heavy atom. The van der Waals surface area contributed by atoms with Crippen molar-refractivity contribution in [2.75, 3.05) is 0 Å². The van der Waals surface area contributed by atoms with E-state index in [1.807, 2.05) is 0 Å². The third kappa shape index (κ3) is 2.89. The lowest BCUT2D eigenvalue weighted by Crippen LogP contribution is -2.18. The van der Waals surface area contributed by atoms with E-state index < -0.39 is 23.7 Å². The zero-order valence-electron chi connectivity index (χ0n) is 6.03. The van der Waals surface area contributed by atoms with Crippen molar-refractivity contribution in [1.29, 1.82) is 0 Å². The fourth-order valence-corrected chi connectivity index (χ4v) is 0.680. The number of hydrogen-bond donors (Lipinski definition) is 0. The topological polar surface area (TPSA) is 9.23 Å². The van der Waals surface area contributed by atoms with E-state index in [-0.39, 0.29) is 0 Å². The second-order valence-corrected chi connectivity index (χ2v) is 2.12. The average Bonchev–Trinajstić information content (AvgIpc) is 1.94. The van der Waals surface area contributed by atoms with Crippen LogP contribution in [0.5, 0.6) is 5.75 Å². The number of rotatable bonds is 1. The van der Waals surface area contributed by atoms with Crippen LogP contribution in [0.1, 0.15) is 0 Å². The van der Waals surface area contributed by atoms with Gasteiger partial charge in [-0.1, -0.05) is 0 Å². The fourth-order valence-electron chi connectivity index (χ4n) is 0.680. The number of ether oxygens (including phenoxy) is 1. The minimum absolute atomic E-state index is 0.322. The lowest BCUT2D eigenvalue weighted by molar-refractivity contribution is -0.275. The van der Waals surface area contributed by atoms with Crippen LogP contribution >= 0.6 is 0 Å². The molecule has 0 N–H and O–H groups in total. The molecule has 0 aliphatic rings. The first-order valence-electron chi connectivity index (χ1n) is 3.09. The molecule has 72 valence electrons. The van der Waals surface area contributed by atoms with Crippen molar-refractivity contribution < 1.29 is 26.7 Å². The summed E-state index contributed by atoms with van der Waals surface area (Å²) in [6, 6.07) is 1.57. The first-order chi connectivity index (χ1) is 5.88. The van der Waals surface area contributed by atoms with E-state index in [1.54, 1.807) is 0 Å². The van der Waals surface area contributed by atoms with E-state index in [2.05, 4.69) is 4.74 Å². The predicted octanol–water partition coefficient (Wildman–Crippen LogP) is 2.86. The molecule has 1 nitrogen and oxygen atoms in total. The second-order valence-electron chi connectivity index (χ2n) is 2.12. The minimum atomic E-state index is -5.02. The summed E-state index contributed by atoms with van der Waals surface area (Å²) >= 11 is 0. The van der Waals surface area contributed by atoms with Crippen molar-refractivity contribution in [2.45, 2.75) is 6.36 Å². The van der Waals surface area contributed by atoms with Gasteiger partial charge in [-0.15, -0.1) is 13.2 Å².